The van der Waals surface area contributed by atoms with Crippen molar-refractivity contribution in [3.63, 3.8) is 0 Å². The molecule has 3 aromatic rings. The largest absolute Gasteiger partial charge is 0.452 e. The predicted octanol–water partition coefficient (Wildman–Crippen LogP) is 3.79. The van der Waals surface area contributed by atoms with E-state index in [1.807, 2.05) is 0 Å². The van der Waals surface area contributed by atoms with E-state index in [-0.39, 0.29) is 24.5 Å². The molecule has 0 aliphatic carbocycles. The molecule has 182 valence electrons. The fraction of sp³-hybridized carbons (Fsp3) is 0.250. The zero-order valence-corrected chi connectivity index (χ0v) is 18.4. The molecule has 1 amide bonds. The summed E-state index contributed by atoms with van der Waals surface area (Å²) < 4.78 is 49.7. The molecule has 0 unspecified atom stereocenters. The molecule has 1 saturated heterocycles. The fourth-order valence-electron chi connectivity index (χ4n) is 3.54. The SMILES string of the molecule is O=C(OCC(=O)N1CCN(c2cccc(C(F)(F)F)c2)CC1)c1cccnc1Oc1cccnc1. The summed E-state index contributed by atoms with van der Waals surface area (Å²) in [7, 11) is 0. The second-order valence-corrected chi connectivity index (χ2v) is 7.64. The van der Waals surface area contributed by atoms with Crippen LogP contribution in [-0.4, -0.2) is 59.5 Å². The first-order chi connectivity index (χ1) is 16.8. The van der Waals surface area contributed by atoms with Crippen LogP contribution in [0.1, 0.15) is 15.9 Å². The number of pyridine rings is 2. The third-order valence-electron chi connectivity index (χ3n) is 5.34. The van der Waals surface area contributed by atoms with Crippen LogP contribution in [0.25, 0.3) is 0 Å². The van der Waals surface area contributed by atoms with Gasteiger partial charge in [-0.1, -0.05) is 6.07 Å². The lowest BCUT2D eigenvalue weighted by atomic mass is 10.1. The van der Waals surface area contributed by atoms with Gasteiger partial charge >= 0.3 is 12.1 Å². The minimum Gasteiger partial charge on any atom is -0.452 e. The Morgan fingerprint density at radius 2 is 1.74 bits per heavy atom. The molecule has 11 heteroatoms. The lowest BCUT2D eigenvalue weighted by Gasteiger charge is -2.36. The Kier molecular flexibility index (Phi) is 7.14. The van der Waals surface area contributed by atoms with E-state index in [1.54, 1.807) is 35.4 Å². The number of piperazine rings is 1. The molecule has 0 bridgehead atoms. The fourth-order valence-corrected chi connectivity index (χ4v) is 3.54. The van der Waals surface area contributed by atoms with Crippen molar-refractivity contribution in [2.24, 2.45) is 0 Å². The summed E-state index contributed by atoms with van der Waals surface area (Å²) in [6.07, 6.45) is 0.0736. The van der Waals surface area contributed by atoms with E-state index in [9.17, 15) is 22.8 Å². The minimum absolute atomic E-state index is 0.0210. The smallest absolute Gasteiger partial charge is 0.416 e. The lowest BCUT2D eigenvalue weighted by molar-refractivity contribution is -0.137. The Labute approximate surface area is 198 Å². The van der Waals surface area contributed by atoms with Gasteiger partial charge in [-0.3, -0.25) is 9.78 Å². The molecule has 0 N–H and O–H groups in total. The number of alkyl halides is 3. The number of benzene rings is 1. The Bertz CT molecular complexity index is 1180. The topological polar surface area (TPSA) is 84.9 Å². The zero-order chi connectivity index (χ0) is 24.8. The van der Waals surface area contributed by atoms with Gasteiger partial charge in [-0.2, -0.15) is 13.2 Å². The third kappa shape index (κ3) is 6.05. The average molecular weight is 486 g/mol. The number of carbonyl (C=O) groups excluding carboxylic acids is 2. The monoisotopic (exact) mass is 486 g/mol. The third-order valence-corrected chi connectivity index (χ3v) is 5.34. The van der Waals surface area contributed by atoms with Crippen LogP contribution in [0.3, 0.4) is 0 Å². The van der Waals surface area contributed by atoms with Gasteiger partial charge in [0.25, 0.3) is 5.91 Å². The molecular formula is C24H21F3N4O4. The van der Waals surface area contributed by atoms with Crippen molar-refractivity contribution in [3.05, 3.63) is 78.2 Å². The molecule has 1 aromatic carbocycles. The van der Waals surface area contributed by atoms with Crippen molar-refractivity contribution >= 4 is 17.6 Å². The molecule has 2 aromatic heterocycles. The number of rotatable bonds is 6. The molecule has 0 radical (unpaired) electrons. The normalized spacial score (nSPS) is 13.9. The summed E-state index contributed by atoms with van der Waals surface area (Å²) in [6, 6.07) is 11.4. The van der Waals surface area contributed by atoms with E-state index < -0.39 is 30.2 Å². The maximum atomic E-state index is 13.0. The highest BCUT2D eigenvalue weighted by Crippen LogP contribution is 2.32. The van der Waals surface area contributed by atoms with E-state index in [2.05, 4.69) is 9.97 Å². The van der Waals surface area contributed by atoms with Crippen molar-refractivity contribution < 1.29 is 32.2 Å². The van der Waals surface area contributed by atoms with E-state index in [4.69, 9.17) is 9.47 Å². The number of anilines is 1. The van der Waals surface area contributed by atoms with Gasteiger partial charge in [0.1, 0.15) is 11.3 Å². The quantitative estimate of drug-likeness (QED) is 0.490. The zero-order valence-electron chi connectivity index (χ0n) is 18.4. The number of carbonyl (C=O) groups is 2. The van der Waals surface area contributed by atoms with Crippen LogP contribution in [0.4, 0.5) is 18.9 Å². The number of hydrogen-bond donors (Lipinski definition) is 0. The highest BCUT2D eigenvalue weighted by atomic mass is 19.4. The van der Waals surface area contributed by atoms with Gasteiger partial charge in [0, 0.05) is 44.3 Å². The molecular weight excluding hydrogens is 465 g/mol. The second kappa shape index (κ2) is 10.4. The van der Waals surface area contributed by atoms with Crippen LogP contribution in [-0.2, 0) is 15.7 Å². The van der Waals surface area contributed by atoms with Gasteiger partial charge in [-0.15, -0.1) is 0 Å². The molecule has 4 rings (SSSR count). The van der Waals surface area contributed by atoms with Crippen molar-refractivity contribution in [3.8, 4) is 11.6 Å². The Hall–Kier alpha value is -4.15. The number of esters is 1. The minimum atomic E-state index is -4.42. The van der Waals surface area contributed by atoms with Crippen LogP contribution < -0.4 is 9.64 Å². The van der Waals surface area contributed by atoms with E-state index >= 15 is 0 Å². The molecule has 1 aliphatic rings. The van der Waals surface area contributed by atoms with Gasteiger partial charge < -0.3 is 19.3 Å². The standard InChI is InChI=1S/C24H21F3N4O4/c25-24(26,27)17-4-1-5-18(14-17)30-10-12-31(13-11-30)21(32)16-34-23(33)20-7-3-9-29-22(20)35-19-6-2-8-28-15-19/h1-9,14-15H,10-13,16H2. The molecule has 35 heavy (non-hydrogen) atoms. The van der Waals surface area contributed by atoms with Crippen molar-refractivity contribution in [1.82, 2.24) is 14.9 Å². The molecule has 3 heterocycles. The molecule has 1 fully saturated rings. The summed E-state index contributed by atoms with van der Waals surface area (Å²) in [5.41, 5.74) is -0.225. The van der Waals surface area contributed by atoms with Crippen molar-refractivity contribution in [2.45, 2.75) is 6.18 Å². The van der Waals surface area contributed by atoms with Gasteiger partial charge in [0.2, 0.25) is 5.88 Å². The number of ether oxygens (including phenoxy) is 2. The van der Waals surface area contributed by atoms with Crippen LogP contribution in [0.2, 0.25) is 0 Å². The highest BCUT2D eigenvalue weighted by molar-refractivity contribution is 5.93. The van der Waals surface area contributed by atoms with Crippen LogP contribution in [0.5, 0.6) is 11.6 Å². The van der Waals surface area contributed by atoms with Crippen LogP contribution in [0, 0.1) is 0 Å². The number of nitrogens with zero attached hydrogens (tertiary/aromatic N) is 4. The number of aromatic nitrogens is 2. The number of amides is 1. The molecule has 8 nitrogen and oxygen atoms in total. The molecule has 1 aliphatic heterocycles. The second-order valence-electron chi connectivity index (χ2n) is 7.64. The van der Waals surface area contributed by atoms with E-state index in [0.29, 0.717) is 24.5 Å². The van der Waals surface area contributed by atoms with Gasteiger partial charge in [-0.25, -0.2) is 9.78 Å². The predicted molar refractivity (Wildman–Crippen MR) is 119 cm³/mol. The summed E-state index contributed by atoms with van der Waals surface area (Å²) in [6.45, 7) is 0.798. The average Bonchev–Trinajstić information content (AvgIpc) is 2.88. The summed E-state index contributed by atoms with van der Waals surface area (Å²) in [5, 5.41) is 0. The number of hydrogen-bond acceptors (Lipinski definition) is 7. The van der Waals surface area contributed by atoms with Gasteiger partial charge in [-0.05, 0) is 42.5 Å². The molecule has 0 atom stereocenters. The van der Waals surface area contributed by atoms with Crippen molar-refractivity contribution in [2.75, 3.05) is 37.7 Å². The maximum Gasteiger partial charge on any atom is 0.416 e. The molecule has 0 saturated carbocycles. The summed E-state index contributed by atoms with van der Waals surface area (Å²) in [5.74, 6) is -0.767. The highest BCUT2D eigenvalue weighted by Gasteiger charge is 2.31. The van der Waals surface area contributed by atoms with E-state index in [1.165, 1.54) is 29.4 Å². The van der Waals surface area contributed by atoms with Gasteiger partial charge in [0.05, 0.1) is 11.8 Å². The molecule has 0 spiro atoms. The van der Waals surface area contributed by atoms with E-state index in [0.717, 1.165) is 12.1 Å². The van der Waals surface area contributed by atoms with Gasteiger partial charge in [0.15, 0.2) is 6.61 Å². The first-order valence-electron chi connectivity index (χ1n) is 10.7. The first-order valence-corrected chi connectivity index (χ1v) is 10.7. The first kappa shape index (κ1) is 24.0. The summed E-state index contributed by atoms with van der Waals surface area (Å²) in [4.78, 5) is 36.4. The van der Waals surface area contributed by atoms with Crippen molar-refractivity contribution in [1.29, 1.82) is 0 Å². The Morgan fingerprint density at radius 1 is 0.971 bits per heavy atom. The van der Waals surface area contributed by atoms with Crippen LogP contribution >= 0.6 is 0 Å². The Balaban J connectivity index is 1.31. The summed E-state index contributed by atoms with van der Waals surface area (Å²) >= 11 is 0. The van der Waals surface area contributed by atoms with Crippen LogP contribution in [0.15, 0.2) is 67.1 Å². The Morgan fingerprint density at radius 3 is 2.46 bits per heavy atom. The number of halogens is 3. The lowest BCUT2D eigenvalue weighted by Crippen LogP contribution is -2.50. The maximum absolute atomic E-state index is 13.0.